The van der Waals surface area contributed by atoms with Crippen LogP contribution in [-0.4, -0.2) is 25.7 Å². The average molecular weight is 345 g/mol. The molecule has 0 saturated heterocycles. The van der Waals surface area contributed by atoms with E-state index in [2.05, 4.69) is 20.4 Å². The van der Waals surface area contributed by atoms with Gasteiger partial charge in [0.05, 0.1) is 34.2 Å². The summed E-state index contributed by atoms with van der Waals surface area (Å²) in [5, 5.41) is 7.63. The first-order valence-corrected chi connectivity index (χ1v) is 8.02. The van der Waals surface area contributed by atoms with Crippen LogP contribution in [0.5, 0.6) is 0 Å². The highest BCUT2D eigenvalue weighted by Crippen LogP contribution is 2.17. The Morgan fingerprint density at radius 2 is 1.96 bits per heavy atom. The van der Waals surface area contributed by atoms with Gasteiger partial charge in [0.25, 0.3) is 11.5 Å². The fourth-order valence-corrected chi connectivity index (χ4v) is 2.74. The smallest absolute Gasteiger partial charge is 0.259 e. The number of anilines is 1. The normalized spacial score (nSPS) is 10.8. The molecule has 2 aromatic carbocycles. The minimum Gasteiger partial charge on any atom is -0.322 e. The Kier molecular flexibility index (Phi) is 3.81. The molecule has 2 aromatic heterocycles. The van der Waals surface area contributed by atoms with E-state index in [1.54, 1.807) is 36.0 Å². The SMILES string of the molecule is Cc1nn(-c2ccccc2)cc1C(=O)Nc1ccc2nc[nH]c(=O)c2c1. The molecule has 7 nitrogen and oxygen atoms in total. The Hall–Kier alpha value is -3.74. The van der Waals surface area contributed by atoms with E-state index in [1.165, 1.54) is 6.33 Å². The van der Waals surface area contributed by atoms with Gasteiger partial charge in [0.1, 0.15) is 0 Å². The summed E-state index contributed by atoms with van der Waals surface area (Å²) >= 11 is 0. The third-order valence-corrected chi connectivity index (χ3v) is 4.06. The van der Waals surface area contributed by atoms with Gasteiger partial charge in [-0.2, -0.15) is 5.10 Å². The van der Waals surface area contributed by atoms with Crippen LogP contribution in [0.15, 0.2) is 65.8 Å². The van der Waals surface area contributed by atoms with E-state index >= 15 is 0 Å². The van der Waals surface area contributed by atoms with Crippen molar-refractivity contribution in [2.75, 3.05) is 5.32 Å². The van der Waals surface area contributed by atoms with Crippen LogP contribution in [0.2, 0.25) is 0 Å². The number of carbonyl (C=O) groups excluding carboxylic acids is 1. The molecule has 0 aliphatic carbocycles. The third kappa shape index (κ3) is 2.86. The highest BCUT2D eigenvalue weighted by molar-refractivity contribution is 6.05. The molecule has 0 aliphatic heterocycles. The van der Waals surface area contributed by atoms with Crippen LogP contribution in [0.1, 0.15) is 16.1 Å². The van der Waals surface area contributed by atoms with E-state index in [0.717, 1.165) is 5.69 Å². The molecular weight excluding hydrogens is 330 g/mol. The number of hydrogen-bond acceptors (Lipinski definition) is 4. The minimum atomic E-state index is -0.288. The number of hydrogen-bond donors (Lipinski definition) is 2. The molecule has 1 amide bonds. The maximum absolute atomic E-state index is 12.6. The van der Waals surface area contributed by atoms with Gasteiger partial charge in [0, 0.05) is 11.9 Å². The van der Waals surface area contributed by atoms with Crippen molar-refractivity contribution in [1.29, 1.82) is 0 Å². The molecule has 4 rings (SSSR count). The summed E-state index contributed by atoms with van der Waals surface area (Å²) in [5.41, 5.74) is 2.80. The van der Waals surface area contributed by atoms with Crippen molar-refractivity contribution in [3.05, 3.63) is 82.7 Å². The zero-order valence-corrected chi connectivity index (χ0v) is 13.9. The lowest BCUT2D eigenvalue weighted by atomic mass is 10.2. The molecule has 0 unspecified atom stereocenters. The van der Waals surface area contributed by atoms with Gasteiger partial charge in [-0.25, -0.2) is 9.67 Å². The monoisotopic (exact) mass is 345 g/mol. The topological polar surface area (TPSA) is 92.7 Å². The van der Waals surface area contributed by atoms with Crippen molar-refractivity contribution in [2.45, 2.75) is 6.92 Å². The third-order valence-electron chi connectivity index (χ3n) is 4.06. The van der Waals surface area contributed by atoms with Crippen molar-refractivity contribution < 1.29 is 4.79 Å². The Labute approximate surface area is 148 Å². The van der Waals surface area contributed by atoms with E-state index in [0.29, 0.717) is 27.8 Å². The lowest BCUT2D eigenvalue weighted by molar-refractivity contribution is 0.102. The highest BCUT2D eigenvalue weighted by Gasteiger charge is 2.15. The molecule has 0 saturated carbocycles. The van der Waals surface area contributed by atoms with Crippen LogP contribution in [0.4, 0.5) is 5.69 Å². The Morgan fingerprint density at radius 3 is 2.77 bits per heavy atom. The van der Waals surface area contributed by atoms with Gasteiger partial charge in [0.2, 0.25) is 0 Å². The lowest BCUT2D eigenvalue weighted by Crippen LogP contribution is -2.13. The molecule has 7 heteroatoms. The number of fused-ring (bicyclic) bond motifs is 1. The summed E-state index contributed by atoms with van der Waals surface area (Å²) in [6, 6.07) is 14.6. The summed E-state index contributed by atoms with van der Waals surface area (Å²) in [7, 11) is 0. The van der Waals surface area contributed by atoms with Crippen molar-refractivity contribution in [2.24, 2.45) is 0 Å². The first kappa shape index (κ1) is 15.8. The predicted octanol–water partition coefficient (Wildman–Crippen LogP) is 2.67. The summed E-state index contributed by atoms with van der Waals surface area (Å²) in [4.78, 5) is 31.1. The van der Waals surface area contributed by atoms with Crippen molar-refractivity contribution >= 4 is 22.5 Å². The standard InChI is InChI=1S/C19H15N5O2/c1-12-16(10-24(23-12)14-5-3-2-4-6-14)19(26)22-13-7-8-17-15(9-13)18(25)21-11-20-17/h2-11H,1H3,(H,22,26)(H,20,21,25). The van der Waals surface area contributed by atoms with Crippen LogP contribution < -0.4 is 10.9 Å². The Bertz CT molecular complexity index is 1160. The molecule has 2 heterocycles. The van der Waals surface area contributed by atoms with Crippen molar-refractivity contribution in [3.8, 4) is 5.69 Å². The van der Waals surface area contributed by atoms with Gasteiger partial charge in [-0.05, 0) is 37.3 Å². The van der Waals surface area contributed by atoms with Crippen LogP contribution in [-0.2, 0) is 0 Å². The van der Waals surface area contributed by atoms with Crippen molar-refractivity contribution in [1.82, 2.24) is 19.7 Å². The molecular formula is C19H15N5O2. The zero-order valence-electron chi connectivity index (χ0n) is 13.9. The molecule has 26 heavy (non-hydrogen) atoms. The maximum Gasteiger partial charge on any atom is 0.259 e. The average Bonchev–Trinajstić information content (AvgIpc) is 3.05. The second-order valence-corrected chi connectivity index (χ2v) is 5.83. The number of nitrogens with one attached hydrogen (secondary N) is 2. The molecule has 128 valence electrons. The number of amides is 1. The number of H-pyrrole nitrogens is 1. The molecule has 0 aliphatic rings. The first-order valence-electron chi connectivity index (χ1n) is 8.02. The second kappa shape index (κ2) is 6.29. The largest absolute Gasteiger partial charge is 0.322 e. The molecule has 0 fully saturated rings. The van der Waals surface area contributed by atoms with E-state index in [-0.39, 0.29) is 11.5 Å². The number of benzene rings is 2. The Balaban J connectivity index is 1.64. The number of nitrogens with zero attached hydrogens (tertiary/aromatic N) is 3. The number of aromatic amines is 1. The van der Waals surface area contributed by atoms with E-state index in [1.807, 2.05) is 30.3 Å². The Morgan fingerprint density at radius 1 is 1.15 bits per heavy atom. The van der Waals surface area contributed by atoms with Gasteiger partial charge in [-0.15, -0.1) is 0 Å². The molecule has 0 spiro atoms. The summed E-state index contributed by atoms with van der Waals surface area (Å²) < 4.78 is 1.67. The van der Waals surface area contributed by atoms with Gasteiger partial charge >= 0.3 is 0 Å². The summed E-state index contributed by atoms with van der Waals surface area (Å²) in [5.74, 6) is -0.288. The van der Waals surface area contributed by atoms with Crippen LogP contribution in [0, 0.1) is 6.92 Å². The van der Waals surface area contributed by atoms with Crippen LogP contribution >= 0.6 is 0 Å². The molecule has 0 radical (unpaired) electrons. The summed E-state index contributed by atoms with van der Waals surface area (Å²) in [6.45, 7) is 1.78. The predicted molar refractivity (Wildman–Crippen MR) is 98.6 cm³/mol. The van der Waals surface area contributed by atoms with Crippen molar-refractivity contribution in [3.63, 3.8) is 0 Å². The fourth-order valence-electron chi connectivity index (χ4n) is 2.74. The number of rotatable bonds is 3. The lowest BCUT2D eigenvalue weighted by Gasteiger charge is -2.05. The number of aryl methyl sites for hydroxylation is 1. The van der Waals surface area contributed by atoms with E-state index < -0.39 is 0 Å². The summed E-state index contributed by atoms with van der Waals surface area (Å²) in [6.07, 6.45) is 3.04. The van der Waals surface area contributed by atoms with Gasteiger partial charge in [-0.3, -0.25) is 9.59 Å². The van der Waals surface area contributed by atoms with E-state index in [9.17, 15) is 9.59 Å². The molecule has 0 bridgehead atoms. The van der Waals surface area contributed by atoms with Gasteiger partial charge in [0.15, 0.2) is 0 Å². The van der Waals surface area contributed by atoms with Gasteiger partial charge < -0.3 is 10.3 Å². The fraction of sp³-hybridized carbons (Fsp3) is 0.0526. The second-order valence-electron chi connectivity index (χ2n) is 5.83. The number of para-hydroxylation sites is 1. The number of aromatic nitrogens is 4. The highest BCUT2D eigenvalue weighted by atomic mass is 16.1. The zero-order chi connectivity index (χ0) is 18.1. The van der Waals surface area contributed by atoms with Crippen LogP contribution in [0.25, 0.3) is 16.6 Å². The van der Waals surface area contributed by atoms with E-state index in [4.69, 9.17) is 0 Å². The quantitative estimate of drug-likeness (QED) is 0.597. The minimum absolute atomic E-state index is 0.251. The molecule has 0 atom stereocenters. The van der Waals surface area contributed by atoms with Gasteiger partial charge in [-0.1, -0.05) is 18.2 Å². The first-order chi connectivity index (χ1) is 12.6. The molecule has 4 aromatic rings. The number of carbonyl (C=O) groups is 1. The molecule has 2 N–H and O–H groups in total. The van der Waals surface area contributed by atoms with Crippen LogP contribution in [0.3, 0.4) is 0 Å². The maximum atomic E-state index is 12.6.